The van der Waals surface area contributed by atoms with Gasteiger partial charge in [-0.3, -0.25) is 0 Å². The lowest BCUT2D eigenvalue weighted by atomic mass is 9.81. The zero-order valence-electron chi connectivity index (χ0n) is 50.9. The van der Waals surface area contributed by atoms with Crippen LogP contribution in [-0.2, 0) is 16.2 Å². The highest BCUT2D eigenvalue weighted by molar-refractivity contribution is 5.91. The van der Waals surface area contributed by atoms with E-state index in [1.54, 1.807) is 0 Å². The summed E-state index contributed by atoms with van der Waals surface area (Å²) < 4.78 is 28.7. The number of rotatable bonds is 12. The van der Waals surface area contributed by atoms with Gasteiger partial charge in [0.1, 0.15) is 11.6 Å². The Bertz CT molecular complexity index is 4480. The third kappa shape index (κ3) is 9.71. The highest BCUT2D eigenvalue weighted by Crippen LogP contribution is 2.54. The Morgan fingerprint density at radius 2 is 0.461 bits per heavy atom. The molecule has 3 aliphatic carbocycles. The second-order valence-corrected chi connectivity index (χ2v) is 25.7. The Balaban J connectivity index is 0.655. The topological polar surface area (TPSA) is 6.48 Å². The molecule has 0 aromatic heterocycles. The third-order valence-corrected chi connectivity index (χ3v) is 19.2. The molecule has 0 N–H and O–H groups in total. The van der Waals surface area contributed by atoms with Crippen molar-refractivity contribution in [2.24, 2.45) is 0 Å². The van der Waals surface area contributed by atoms with E-state index in [1.807, 2.05) is 36.4 Å². The van der Waals surface area contributed by atoms with Crippen molar-refractivity contribution in [3.8, 4) is 55.6 Å². The quantitative estimate of drug-likeness (QED) is 0.113. The van der Waals surface area contributed by atoms with E-state index in [4.69, 9.17) is 0 Å². The Labute approximate surface area is 521 Å². The van der Waals surface area contributed by atoms with Crippen molar-refractivity contribution in [2.75, 3.05) is 9.80 Å². The number of fused-ring (bicyclic) bond motifs is 9. The second kappa shape index (κ2) is 21.5. The summed E-state index contributed by atoms with van der Waals surface area (Å²) in [6.07, 6.45) is 9.03. The van der Waals surface area contributed by atoms with Gasteiger partial charge in [0.15, 0.2) is 0 Å². The lowest BCUT2D eigenvalue weighted by molar-refractivity contribution is 0.627. The standard InChI is InChI=1S/C85H66F2N2/c1-83(2)77-49-55(17-19-57-23-45-73-75-47-41-69(53-81(75)84(3,4)79(73)51-57)88(67-37-29-63(86)30-38-67)65-33-25-61(26-34-65)59-13-9-7-10-14-59)21-43-71(77)72-44-22-56(50-78(72)83)18-20-58-24-46-74-76-48-42-70(54-82(76)85(5,6)80(74)52-58)89(68-39-31-64(87)32-40-68)66-35-27-62(28-36-66)60-15-11-8-12-16-60/h7-54H,1-6H3. The van der Waals surface area contributed by atoms with Crippen LogP contribution in [0.1, 0.15) is 97.2 Å². The van der Waals surface area contributed by atoms with Crippen molar-refractivity contribution in [3.05, 3.63) is 334 Å². The van der Waals surface area contributed by atoms with Crippen LogP contribution in [0, 0.1) is 11.6 Å². The van der Waals surface area contributed by atoms with Gasteiger partial charge in [-0.15, -0.1) is 0 Å². The number of benzene rings is 12. The van der Waals surface area contributed by atoms with Crippen LogP contribution < -0.4 is 9.80 Å². The fourth-order valence-corrected chi connectivity index (χ4v) is 14.3. The molecule has 12 aromatic rings. The Kier molecular flexibility index (Phi) is 13.3. The van der Waals surface area contributed by atoms with Crippen LogP contribution in [0.5, 0.6) is 0 Å². The van der Waals surface area contributed by atoms with Crippen LogP contribution in [-0.4, -0.2) is 0 Å². The molecule has 0 saturated carbocycles. The predicted molar refractivity (Wildman–Crippen MR) is 370 cm³/mol. The number of hydrogen-bond acceptors (Lipinski definition) is 2. The molecule has 0 unspecified atom stereocenters. The van der Waals surface area contributed by atoms with Crippen LogP contribution in [0.2, 0.25) is 0 Å². The monoisotopic (exact) mass is 1150 g/mol. The minimum atomic E-state index is -0.264. The number of hydrogen-bond donors (Lipinski definition) is 0. The third-order valence-electron chi connectivity index (χ3n) is 19.2. The lowest BCUT2D eigenvalue weighted by Crippen LogP contribution is -2.16. The summed E-state index contributed by atoms with van der Waals surface area (Å²) in [7, 11) is 0. The molecule has 0 atom stereocenters. The highest BCUT2D eigenvalue weighted by atomic mass is 19.1. The Hall–Kier alpha value is -10.4. The van der Waals surface area contributed by atoms with Crippen molar-refractivity contribution < 1.29 is 8.78 Å². The summed E-state index contributed by atoms with van der Waals surface area (Å²) in [4.78, 5) is 4.45. The van der Waals surface area contributed by atoms with E-state index in [2.05, 4.69) is 282 Å². The largest absolute Gasteiger partial charge is 0.310 e. The van der Waals surface area contributed by atoms with Gasteiger partial charge in [-0.05, 0) is 208 Å². The van der Waals surface area contributed by atoms with Crippen molar-refractivity contribution in [1.82, 2.24) is 0 Å². The maximum Gasteiger partial charge on any atom is 0.123 e. The van der Waals surface area contributed by atoms with Crippen LogP contribution in [0.25, 0.3) is 79.9 Å². The van der Waals surface area contributed by atoms with Gasteiger partial charge in [-0.1, -0.05) is 236 Å². The molecule has 0 spiro atoms. The van der Waals surface area contributed by atoms with Crippen molar-refractivity contribution in [2.45, 2.75) is 57.8 Å². The summed E-state index contributed by atoms with van der Waals surface area (Å²) in [5, 5.41) is 0. The summed E-state index contributed by atoms with van der Waals surface area (Å²) in [5.74, 6) is -0.517. The maximum absolute atomic E-state index is 14.4. The predicted octanol–water partition coefficient (Wildman–Crippen LogP) is 23.5. The summed E-state index contributed by atoms with van der Waals surface area (Å²) in [5.41, 5.74) is 29.8. The molecule has 0 radical (unpaired) electrons. The summed E-state index contributed by atoms with van der Waals surface area (Å²) in [6, 6.07) is 92.9. The van der Waals surface area contributed by atoms with E-state index in [0.29, 0.717) is 0 Å². The van der Waals surface area contributed by atoms with Gasteiger partial charge in [0.05, 0.1) is 0 Å². The average Bonchev–Trinajstić information content (AvgIpc) is 1.64. The fraction of sp³-hybridized carbons (Fsp3) is 0.106. The molecule has 0 bridgehead atoms. The van der Waals surface area contributed by atoms with Gasteiger partial charge in [0, 0.05) is 50.4 Å². The smallest absolute Gasteiger partial charge is 0.123 e. The van der Waals surface area contributed by atoms with Crippen molar-refractivity contribution in [3.63, 3.8) is 0 Å². The van der Waals surface area contributed by atoms with Crippen molar-refractivity contribution >= 4 is 58.4 Å². The lowest BCUT2D eigenvalue weighted by Gasteiger charge is -2.28. The van der Waals surface area contributed by atoms with Gasteiger partial charge in [-0.25, -0.2) is 8.78 Å². The van der Waals surface area contributed by atoms with E-state index in [-0.39, 0.29) is 27.9 Å². The fourth-order valence-electron chi connectivity index (χ4n) is 14.3. The molecule has 0 saturated heterocycles. The minimum absolute atomic E-state index is 0.196. The van der Waals surface area contributed by atoms with Crippen LogP contribution in [0.15, 0.2) is 267 Å². The van der Waals surface area contributed by atoms with Gasteiger partial charge in [-0.2, -0.15) is 0 Å². The van der Waals surface area contributed by atoms with Gasteiger partial charge >= 0.3 is 0 Å². The molecule has 4 heteroatoms. The minimum Gasteiger partial charge on any atom is -0.310 e. The first kappa shape index (κ1) is 55.2. The van der Waals surface area contributed by atoms with Crippen LogP contribution in [0.3, 0.4) is 0 Å². The van der Waals surface area contributed by atoms with Gasteiger partial charge in [0.2, 0.25) is 0 Å². The Morgan fingerprint density at radius 3 is 0.742 bits per heavy atom. The zero-order valence-corrected chi connectivity index (χ0v) is 50.9. The number of halogens is 2. The molecule has 0 heterocycles. The van der Waals surface area contributed by atoms with E-state index in [0.717, 1.165) is 56.4 Å². The first-order chi connectivity index (χ1) is 43.1. The highest BCUT2D eigenvalue weighted by Gasteiger charge is 2.39. The van der Waals surface area contributed by atoms with E-state index >= 15 is 0 Å². The number of anilines is 6. The first-order valence-corrected chi connectivity index (χ1v) is 30.8. The van der Waals surface area contributed by atoms with E-state index in [9.17, 15) is 8.78 Å². The van der Waals surface area contributed by atoms with Gasteiger partial charge < -0.3 is 9.80 Å². The van der Waals surface area contributed by atoms with Gasteiger partial charge in [0.25, 0.3) is 0 Å². The van der Waals surface area contributed by atoms with E-state index < -0.39 is 0 Å². The number of nitrogens with zero attached hydrogens (tertiary/aromatic N) is 2. The molecule has 0 aliphatic heterocycles. The molecule has 89 heavy (non-hydrogen) atoms. The average molecular weight is 1150 g/mol. The van der Waals surface area contributed by atoms with Crippen LogP contribution in [0.4, 0.5) is 42.9 Å². The molecular weight excluding hydrogens is 1090 g/mol. The van der Waals surface area contributed by atoms with Crippen LogP contribution >= 0.6 is 0 Å². The normalized spacial score (nSPS) is 14.2. The maximum atomic E-state index is 14.4. The zero-order chi connectivity index (χ0) is 60.8. The molecule has 15 rings (SSSR count). The molecule has 0 amide bonds. The summed E-state index contributed by atoms with van der Waals surface area (Å²) >= 11 is 0. The van der Waals surface area contributed by atoms with Crippen molar-refractivity contribution in [1.29, 1.82) is 0 Å². The molecule has 0 fully saturated rings. The molecule has 2 nitrogen and oxygen atoms in total. The Morgan fingerprint density at radius 1 is 0.236 bits per heavy atom. The SMILES string of the molecule is CC1(C)c2cc(C=Cc3ccc4c(c3)C(C)(C)c3cc(N(c5ccc(F)cc5)c5ccc(-c6ccccc6)cc5)ccc3-4)ccc2-c2ccc(C=Cc3ccc4c(c3)C(C)(C)c3cc(N(c5ccc(F)cc5)c5ccc(-c6ccccc6)cc5)ccc3-4)cc21. The van der Waals surface area contributed by atoms with E-state index in [1.165, 1.54) is 113 Å². The summed E-state index contributed by atoms with van der Waals surface area (Å²) in [6.45, 7) is 14.0. The first-order valence-electron chi connectivity index (χ1n) is 30.8. The molecule has 12 aromatic carbocycles. The molecular formula is C85H66F2N2. The molecule has 430 valence electrons. The second-order valence-electron chi connectivity index (χ2n) is 25.7. The molecule has 3 aliphatic rings.